The molecule has 0 unspecified atom stereocenters. The Balaban J connectivity index is 3.40. The van der Waals surface area contributed by atoms with E-state index in [4.69, 9.17) is 9.47 Å². The van der Waals surface area contributed by atoms with Gasteiger partial charge in [0.25, 0.3) is 0 Å². The van der Waals surface area contributed by atoms with Crippen LogP contribution in [0.15, 0.2) is 40.0 Å². The number of hydrogen-bond donors (Lipinski definition) is 0. The lowest BCUT2D eigenvalue weighted by Gasteiger charge is -2.31. The van der Waals surface area contributed by atoms with Gasteiger partial charge >= 0.3 is 11.9 Å². The second kappa shape index (κ2) is 9.70. The fraction of sp³-hybridized carbons (Fsp3) is 0.444. The Morgan fingerprint density at radius 3 is 2.13 bits per heavy atom. The van der Waals surface area contributed by atoms with E-state index >= 15 is 0 Å². The number of ether oxygens (including phenoxy) is 2. The molecule has 0 saturated heterocycles. The quantitative estimate of drug-likeness (QED) is 0.355. The monoisotopic (exact) mass is 430 g/mol. The Bertz CT molecular complexity index is 535. The van der Waals surface area contributed by atoms with Crippen LogP contribution >= 0.6 is 22.6 Å². The molecule has 1 rings (SSSR count). The summed E-state index contributed by atoms with van der Waals surface area (Å²) in [5.74, 6) is -1.15. The number of rotatable bonds is 8. The van der Waals surface area contributed by atoms with Gasteiger partial charge in [0.1, 0.15) is 0 Å². The normalized spacial score (nSPS) is 11.9. The number of methoxy groups -OCH3 is 2. The molecule has 0 aromatic heterocycles. The Labute approximate surface area is 151 Å². The highest BCUT2D eigenvalue weighted by Crippen LogP contribution is 2.38. The first kappa shape index (κ1) is 19.7. The molecule has 1 aromatic carbocycles. The maximum Gasteiger partial charge on any atom is 0.327 e. The van der Waals surface area contributed by atoms with Gasteiger partial charge in [-0.25, -0.2) is 0 Å². The van der Waals surface area contributed by atoms with Gasteiger partial charge < -0.3 is 9.47 Å². The predicted molar refractivity (Wildman–Crippen MR) is 98.2 cm³/mol. The molecule has 126 valence electrons. The van der Waals surface area contributed by atoms with Gasteiger partial charge in [-0.15, -0.1) is 0 Å². The van der Waals surface area contributed by atoms with Crippen molar-refractivity contribution in [3.63, 3.8) is 0 Å². The lowest BCUT2D eigenvalue weighted by molar-refractivity contribution is -0.166. The van der Waals surface area contributed by atoms with Crippen LogP contribution in [0.1, 0.15) is 31.7 Å². The molecule has 4 nitrogen and oxygen atoms in total. The lowest BCUT2D eigenvalue weighted by Crippen LogP contribution is -2.45. The van der Waals surface area contributed by atoms with Crippen LogP contribution in [0.3, 0.4) is 0 Å². The van der Waals surface area contributed by atoms with E-state index < -0.39 is 17.4 Å². The van der Waals surface area contributed by atoms with Crippen LogP contribution in [0.25, 0.3) is 0 Å². The van der Waals surface area contributed by atoms with Crippen molar-refractivity contribution < 1.29 is 19.1 Å². The third-order valence-corrected chi connectivity index (χ3v) is 4.61. The summed E-state index contributed by atoms with van der Waals surface area (Å²) in [7, 11) is 2.60. The van der Waals surface area contributed by atoms with Crippen LogP contribution in [-0.4, -0.2) is 26.2 Å². The summed E-state index contributed by atoms with van der Waals surface area (Å²) in [6.45, 7) is 2.07. The van der Waals surface area contributed by atoms with Crippen molar-refractivity contribution in [1.29, 1.82) is 0 Å². The second-order valence-electron chi connectivity index (χ2n) is 5.29. The topological polar surface area (TPSA) is 52.6 Å². The van der Waals surface area contributed by atoms with Gasteiger partial charge in [-0.3, -0.25) is 9.59 Å². The van der Waals surface area contributed by atoms with Crippen molar-refractivity contribution in [3.05, 3.63) is 45.6 Å². The Morgan fingerprint density at radius 2 is 1.70 bits per heavy atom. The first-order chi connectivity index (χ1) is 11.1. The summed E-state index contributed by atoms with van der Waals surface area (Å²) in [6.07, 6.45) is 2.74. The summed E-state index contributed by atoms with van der Waals surface area (Å²) in [5, 5.41) is 0. The minimum atomic E-state index is -1.43. The zero-order valence-electron chi connectivity index (χ0n) is 13.8. The number of unbranched alkanes of at least 4 members (excludes halogenated alkanes) is 1. The van der Waals surface area contributed by atoms with E-state index in [1.54, 1.807) is 0 Å². The number of benzene rings is 1. The van der Waals surface area contributed by atoms with E-state index in [1.807, 2.05) is 34.4 Å². The zero-order chi connectivity index (χ0) is 17.3. The summed E-state index contributed by atoms with van der Waals surface area (Å²) in [6, 6.07) is 9.45. The SMILES string of the molecule is CCCC/C(=C/I)C(Cc1ccccc1)(C(=O)OC)C(=O)OC. The summed E-state index contributed by atoms with van der Waals surface area (Å²) in [5.41, 5.74) is 0.194. The molecule has 0 spiro atoms. The molecule has 0 atom stereocenters. The molecular formula is C18H23IO4. The molecule has 0 fully saturated rings. The lowest BCUT2D eigenvalue weighted by atomic mass is 9.73. The third kappa shape index (κ3) is 4.56. The first-order valence-electron chi connectivity index (χ1n) is 7.57. The van der Waals surface area contributed by atoms with Gasteiger partial charge in [-0.05, 0) is 28.1 Å². The minimum Gasteiger partial charge on any atom is -0.468 e. The maximum atomic E-state index is 12.6. The minimum absolute atomic E-state index is 0.228. The smallest absolute Gasteiger partial charge is 0.327 e. The van der Waals surface area contributed by atoms with Crippen LogP contribution in [0, 0.1) is 5.41 Å². The molecule has 0 aliphatic heterocycles. The average Bonchev–Trinajstić information content (AvgIpc) is 2.60. The molecule has 0 aliphatic rings. The molecule has 23 heavy (non-hydrogen) atoms. The molecule has 0 radical (unpaired) electrons. The predicted octanol–water partition coefficient (Wildman–Crippen LogP) is 4.07. The Kier molecular flexibility index (Phi) is 8.30. The Hall–Kier alpha value is -1.37. The molecular weight excluding hydrogens is 407 g/mol. The van der Waals surface area contributed by atoms with E-state index in [9.17, 15) is 9.59 Å². The average molecular weight is 430 g/mol. The van der Waals surface area contributed by atoms with Gasteiger partial charge in [-0.1, -0.05) is 66.3 Å². The molecule has 0 heterocycles. The molecule has 0 bridgehead atoms. The maximum absolute atomic E-state index is 12.6. The molecule has 0 N–H and O–H groups in total. The highest BCUT2D eigenvalue weighted by molar-refractivity contribution is 14.1. The van der Waals surface area contributed by atoms with Crippen LogP contribution in [0.5, 0.6) is 0 Å². The van der Waals surface area contributed by atoms with Crippen LogP contribution < -0.4 is 0 Å². The molecule has 5 heteroatoms. The summed E-state index contributed by atoms with van der Waals surface area (Å²) >= 11 is 2.08. The van der Waals surface area contributed by atoms with Crippen molar-refractivity contribution in [2.45, 2.75) is 32.6 Å². The van der Waals surface area contributed by atoms with Crippen LogP contribution in [0.2, 0.25) is 0 Å². The van der Waals surface area contributed by atoms with E-state index in [0.717, 1.165) is 24.0 Å². The molecule has 0 amide bonds. The Morgan fingerprint density at radius 1 is 1.13 bits per heavy atom. The highest BCUT2D eigenvalue weighted by atomic mass is 127. The van der Waals surface area contributed by atoms with E-state index in [2.05, 4.69) is 29.5 Å². The van der Waals surface area contributed by atoms with Crippen molar-refractivity contribution in [2.75, 3.05) is 14.2 Å². The fourth-order valence-electron chi connectivity index (χ4n) is 2.58. The van der Waals surface area contributed by atoms with Gasteiger partial charge in [-0.2, -0.15) is 0 Å². The van der Waals surface area contributed by atoms with E-state index in [1.165, 1.54) is 14.2 Å². The van der Waals surface area contributed by atoms with Crippen LogP contribution in [0.4, 0.5) is 0 Å². The van der Waals surface area contributed by atoms with Crippen molar-refractivity contribution in [3.8, 4) is 0 Å². The van der Waals surface area contributed by atoms with E-state index in [-0.39, 0.29) is 6.42 Å². The zero-order valence-corrected chi connectivity index (χ0v) is 16.0. The molecule has 1 aromatic rings. The highest BCUT2D eigenvalue weighted by Gasteiger charge is 2.51. The summed E-state index contributed by atoms with van der Waals surface area (Å²) in [4.78, 5) is 25.3. The largest absolute Gasteiger partial charge is 0.468 e. The van der Waals surface area contributed by atoms with Crippen molar-refractivity contribution in [2.24, 2.45) is 5.41 Å². The fourth-order valence-corrected chi connectivity index (χ4v) is 3.43. The first-order valence-corrected chi connectivity index (χ1v) is 8.81. The van der Waals surface area contributed by atoms with Gasteiger partial charge in [0.2, 0.25) is 0 Å². The van der Waals surface area contributed by atoms with Gasteiger partial charge in [0.05, 0.1) is 14.2 Å². The number of carbonyl (C=O) groups excluding carboxylic acids is 2. The van der Waals surface area contributed by atoms with Gasteiger partial charge in [0.15, 0.2) is 5.41 Å². The number of carbonyl (C=O) groups is 2. The third-order valence-electron chi connectivity index (χ3n) is 3.86. The number of halogens is 1. The van der Waals surface area contributed by atoms with Crippen molar-refractivity contribution >= 4 is 34.5 Å². The standard InChI is InChI=1S/C18H23IO4/c1-4-5-11-15(13-19)18(16(20)22-2,17(21)23-3)12-14-9-7-6-8-10-14/h6-10,13H,4-5,11-12H2,1-3H3/b15-13-. The summed E-state index contributed by atoms with van der Waals surface area (Å²) < 4.78 is 11.8. The van der Waals surface area contributed by atoms with E-state index in [0.29, 0.717) is 6.42 Å². The number of esters is 2. The second-order valence-corrected chi connectivity index (χ2v) is 5.91. The molecule has 0 saturated carbocycles. The van der Waals surface area contributed by atoms with Gasteiger partial charge in [0, 0.05) is 6.42 Å². The number of hydrogen-bond acceptors (Lipinski definition) is 4. The van der Waals surface area contributed by atoms with Crippen molar-refractivity contribution in [1.82, 2.24) is 0 Å². The molecule has 0 aliphatic carbocycles. The van der Waals surface area contributed by atoms with Crippen LogP contribution in [-0.2, 0) is 25.5 Å².